The highest BCUT2D eigenvalue weighted by Gasteiger charge is 2.32. The number of halogens is 5. The zero-order valence-electron chi connectivity index (χ0n) is 13.9. The van der Waals surface area contributed by atoms with Gasteiger partial charge in [0.1, 0.15) is 12.3 Å². The molecule has 2 aromatic carbocycles. The molecule has 0 N–H and O–H groups in total. The van der Waals surface area contributed by atoms with Crippen LogP contribution in [-0.2, 0) is 10.5 Å². The SMILES string of the molecule is C=CCOC(=O)N(CSCc1ccccc1)c1c(F)c(F)c(F)c(F)c1F. The molecule has 0 aliphatic carbocycles. The van der Waals surface area contributed by atoms with Crippen LogP contribution in [0.25, 0.3) is 0 Å². The van der Waals surface area contributed by atoms with Gasteiger partial charge in [0.25, 0.3) is 0 Å². The van der Waals surface area contributed by atoms with Crippen LogP contribution in [-0.4, -0.2) is 18.6 Å². The predicted octanol–water partition coefficient (Wildman–Crippen LogP) is 5.40. The summed E-state index contributed by atoms with van der Waals surface area (Å²) in [6.45, 7) is 3.03. The van der Waals surface area contributed by atoms with E-state index in [1.807, 2.05) is 0 Å². The molecular formula is C18H14F5NO2S. The molecule has 9 heteroatoms. The Kier molecular flexibility index (Phi) is 7.23. The van der Waals surface area contributed by atoms with Gasteiger partial charge in [-0.15, -0.1) is 11.8 Å². The number of anilines is 1. The first-order valence-corrected chi connectivity index (χ1v) is 8.72. The van der Waals surface area contributed by atoms with Gasteiger partial charge in [-0.05, 0) is 5.56 Å². The molecule has 0 aliphatic heterocycles. The van der Waals surface area contributed by atoms with Crippen LogP contribution in [0, 0.1) is 29.1 Å². The number of ether oxygens (including phenoxy) is 1. The van der Waals surface area contributed by atoms with E-state index < -0.39 is 46.7 Å². The second-order valence-electron chi connectivity index (χ2n) is 5.18. The first kappa shape index (κ1) is 20.8. The lowest BCUT2D eigenvalue weighted by atomic mass is 10.2. The molecule has 27 heavy (non-hydrogen) atoms. The minimum absolute atomic E-state index is 0.298. The lowest BCUT2D eigenvalue weighted by Crippen LogP contribution is -2.34. The molecule has 2 aromatic rings. The third-order valence-electron chi connectivity index (χ3n) is 3.33. The topological polar surface area (TPSA) is 29.5 Å². The van der Waals surface area contributed by atoms with E-state index in [1.165, 1.54) is 6.08 Å². The van der Waals surface area contributed by atoms with Crippen molar-refractivity contribution in [1.29, 1.82) is 0 Å². The van der Waals surface area contributed by atoms with Crippen LogP contribution >= 0.6 is 11.8 Å². The summed E-state index contributed by atoms with van der Waals surface area (Å²) in [4.78, 5) is 12.5. The number of thioether (sulfide) groups is 1. The number of hydrogen-bond acceptors (Lipinski definition) is 3. The Hall–Kier alpha value is -2.55. The number of carbonyl (C=O) groups excluding carboxylic acids is 1. The fraction of sp³-hybridized carbons (Fsp3) is 0.167. The Morgan fingerprint density at radius 2 is 1.56 bits per heavy atom. The Morgan fingerprint density at radius 1 is 1.00 bits per heavy atom. The lowest BCUT2D eigenvalue weighted by Gasteiger charge is -2.23. The quantitative estimate of drug-likeness (QED) is 0.204. The van der Waals surface area contributed by atoms with Gasteiger partial charge < -0.3 is 4.74 Å². The number of hydrogen-bond donors (Lipinski definition) is 0. The molecule has 0 saturated heterocycles. The summed E-state index contributed by atoms with van der Waals surface area (Å²) in [5.74, 6) is -10.9. The van der Waals surface area contributed by atoms with Crippen LogP contribution in [0.15, 0.2) is 43.0 Å². The Morgan fingerprint density at radius 3 is 2.11 bits per heavy atom. The van der Waals surface area contributed by atoms with Crippen molar-refractivity contribution in [3.63, 3.8) is 0 Å². The lowest BCUT2D eigenvalue weighted by molar-refractivity contribution is 0.166. The smallest absolute Gasteiger partial charge is 0.415 e. The van der Waals surface area contributed by atoms with E-state index in [0.717, 1.165) is 17.3 Å². The summed E-state index contributed by atoms with van der Waals surface area (Å²) in [7, 11) is 0. The van der Waals surface area contributed by atoms with Crippen LogP contribution in [0.1, 0.15) is 5.56 Å². The van der Waals surface area contributed by atoms with Gasteiger partial charge in [-0.3, -0.25) is 4.90 Å². The van der Waals surface area contributed by atoms with Gasteiger partial charge in [0.15, 0.2) is 23.3 Å². The van der Waals surface area contributed by atoms with Crippen molar-refractivity contribution < 1.29 is 31.5 Å². The zero-order chi connectivity index (χ0) is 20.0. The largest absolute Gasteiger partial charge is 0.445 e. The Bertz CT molecular complexity index is 803. The fourth-order valence-electron chi connectivity index (χ4n) is 2.08. The van der Waals surface area contributed by atoms with Crippen molar-refractivity contribution in [2.24, 2.45) is 0 Å². The minimum atomic E-state index is -2.30. The molecule has 144 valence electrons. The third-order valence-corrected chi connectivity index (χ3v) is 4.31. The molecule has 2 rings (SSSR count). The van der Waals surface area contributed by atoms with E-state index >= 15 is 0 Å². The average Bonchev–Trinajstić information content (AvgIpc) is 2.68. The summed E-state index contributed by atoms with van der Waals surface area (Å²) in [6.07, 6.45) is -0.0650. The molecule has 1 amide bonds. The monoisotopic (exact) mass is 403 g/mol. The first-order chi connectivity index (χ1) is 12.9. The summed E-state index contributed by atoms with van der Waals surface area (Å²) in [5, 5.41) is 0. The number of rotatable bonds is 7. The second kappa shape index (κ2) is 9.40. The molecule has 0 radical (unpaired) electrons. The molecule has 0 aromatic heterocycles. The number of nitrogens with zero attached hydrogens (tertiary/aromatic N) is 1. The van der Waals surface area contributed by atoms with Crippen molar-refractivity contribution in [2.75, 3.05) is 17.4 Å². The number of amides is 1. The normalized spacial score (nSPS) is 10.6. The maximum atomic E-state index is 14.1. The third kappa shape index (κ3) is 4.79. The van der Waals surface area contributed by atoms with Gasteiger partial charge in [0.2, 0.25) is 5.82 Å². The Labute approximate surface area is 156 Å². The van der Waals surface area contributed by atoms with Crippen LogP contribution in [0.5, 0.6) is 0 Å². The maximum Gasteiger partial charge on any atom is 0.415 e. The molecule has 0 unspecified atom stereocenters. The maximum absolute atomic E-state index is 14.1. The second-order valence-corrected chi connectivity index (χ2v) is 6.13. The number of benzene rings is 2. The first-order valence-electron chi connectivity index (χ1n) is 7.56. The van der Waals surface area contributed by atoms with Gasteiger partial charge in [-0.1, -0.05) is 43.0 Å². The van der Waals surface area contributed by atoms with E-state index in [1.54, 1.807) is 30.3 Å². The molecule has 0 fully saturated rings. The average molecular weight is 403 g/mol. The van der Waals surface area contributed by atoms with Crippen molar-refractivity contribution >= 4 is 23.5 Å². The number of carbonyl (C=O) groups is 1. The van der Waals surface area contributed by atoms with Crippen molar-refractivity contribution in [3.8, 4) is 0 Å². The van der Waals surface area contributed by atoms with Crippen molar-refractivity contribution in [1.82, 2.24) is 0 Å². The molecule has 0 spiro atoms. The minimum Gasteiger partial charge on any atom is -0.445 e. The zero-order valence-corrected chi connectivity index (χ0v) is 14.7. The van der Waals surface area contributed by atoms with E-state index in [4.69, 9.17) is 4.74 Å². The highest BCUT2D eigenvalue weighted by Crippen LogP contribution is 2.32. The van der Waals surface area contributed by atoms with Gasteiger partial charge in [-0.25, -0.2) is 26.7 Å². The van der Waals surface area contributed by atoms with Gasteiger partial charge in [-0.2, -0.15) is 0 Å². The fourth-order valence-corrected chi connectivity index (χ4v) is 3.01. The van der Waals surface area contributed by atoms with Gasteiger partial charge >= 0.3 is 6.09 Å². The van der Waals surface area contributed by atoms with Crippen molar-refractivity contribution in [3.05, 3.63) is 77.6 Å². The van der Waals surface area contributed by atoms with E-state index in [9.17, 15) is 26.7 Å². The van der Waals surface area contributed by atoms with E-state index in [2.05, 4.69) is 6.58 Å². The standard InChI is InChI=1S/C18H14F5NO2S/c1-2-8-26-18(25)24(10-27-9-11-6-4-3-5-7-11)17-15(22)13(20)12(19)14(21)16(17)23/h2-7H,1,8-10H2. The molecule has 3 nitrogen and oxygen atoms in total. The van der Waals surface area contributed by atoms with Crippen LogP contribution in [0.3, 0.4) is 0 Å². The van der Waals surface area contributed by atoms with Crippen LogP contribution < -0.4 is 4.90 Å². The van der Waals surface area contributed by atoms with Crippen LogP contribution in [0.4, 0.5) is 32.4 Å². The highest BCUT2D eigenvalue weighted by atomic mass is 32.2. The molecular weight excluding hydrogens is 389 g/mol. The Balaban J connectivity index is 2.32. The molecule has 0 heterocycles. The molecule has 0 saturated carbocycles. The molecule has 0 atom stereocenters. The summed E-state index contributed by atoms with van der Waals surface area (Å²) in [5.41, 5.74) is -0.514. The van der Waals surface area contributed by atoms with E-state index in [-0.39, 0.29) is 6.61 Å². The van der Waals surface area contributed by atoms with Crippen molar-refractivity contribution in [2.45, 2.75) is 5.75 Å². The molecule has 0 bridgehead atoms. The van der Waals surface area contributed by atoms with Gasteiger partial charge in [0, 0.05) is 5.75 Å². The predicted molar refractivity (Wildman–Crippen MR) is 92.9 cm³/mol. The van der Waals surface area contributed by atoms with E-state index in [0.29, 0.717) is 10.7 Å². The van der Waals surface area contributed by atoms with Crippen LogP contribution in [0.2, 0.25) is 0 Å². The highest BCUT2D eigenvalue weighted by molar-refractivity contribution is 7.98. The summed E-state index contributed by atoms with van der Waals surface area (Å²) < 4.78 is 73.1. The van der Waals surface area contributed by atoms with Gasteiger partial charge in [0.05, 0.1) is 5.88 Å². The summed E-state index contributed by atoms with van der Waals surface area (Å²) >= 11 is 1.03. The summed E-state index contributed by atoms with van der Waals surface area (Å²) in [6, 6.07) is 8.91. The molecule has 0 aliphatic rings.